The van der Waals surface area contributed by atoms with E-state index >= 15 is 0 Å². The molecule has 4 nitrogen and oxygen atoms in total. The fraction of sp³-hybridized carbons (Fsp3) is 0.875. The minimum absolute atomic E-state index is 0.182. The molecule has 0 aliphatic rings. The average Bonchev–Trinajstić information content (AvgIpc) is 1.98. The smallest absolute Gasteiger partial charge is 0.239 e. The average molecular weight is 174 g/mol. The van der Waals surface area contributed by atoms with Crippen molar-refractivity contribution in [3.63, 3.8) is 0 Å². The first-order valence-corrected chi connectivity index (χ1v) is 4.14. The first-order chi connectivity index (χ1) is 5.49. The summed E-state index contributed by atoms with van der Waals surface area (Å²) in [5, 5.41) is 14.7. The standard InChI is InChI=1S/C8H18N2O2/c1-5(2)10-7(6(3)11)8(12)9-4/h5-7,10-11H,1-4H3,(H,9,12)/t6-,7+/m0/s1. The third-order valence-corrected chi connectivity index (χ3v) is 1.52. The molecule has 0 fully saturated rings. The van der Waals surface area contributed by atoms with Crippen molar-refractivity contribution in [1.29, 1.82) is 0 Å². The van der Waals surface area contributed by atoms with Crippen molar-refractivity contribution in [1.82, 2.24) is 10.6 Å². The molecule has 0 radical (unpaired) electrons. The van der Waals surface area contributed by atoms with Gasteiger partial charge >= 0.3 is 0 Å². The van der Waals surface area contributed by atoms with E-state index in [2.05, 4.69) is 10.6 Å². The zero-order valence-electron chi connectivity index (χ0n) is 8.09. The van der Waals surface area contributed by atoms with E-state index in [0.717, 1.165) is 0 Å². The first-order valence-electron chi connectivity index (χ1n) is 4.14. The van der Waals surface area contributed by atoms with E-state index in [1.54, 1.807) is 14.0 Å². The van der Waals surface area contributed by atoms with Crippen molar-refractivity contribution >= 4 is 5.91 Å². The van der Waals surface area contributed by atoms with Crippen molar-refractivity contribution in [2.24, 2.45) is 0 Å². The van der Waals surface area contributed by atoms with E-state index in [1.165, 1.54) is 0 Å². The molecular formula is C8H18N2O2. The second kappa shape index (κ2) is 5.11. The maximum atomic E-state index is 11.2. The molecule has 0 aliphatic heterocycles. The topological polar surface area (TPSA) is 61.4 Å². The minimum atomic E-state index is -0.674. The molecule has 2 atom stereocenters. The van der Waals surface area contributed by atoms with E-state index < -0.39 is 12.1 Å². The van der Waals surface area contributed by atoms with Gasteiger partial charge in [-0.25, -0.2) is 0 Å². The predicted octanol–water partition coefficient (Wildman–Crippen LogP) is -0.520. The van der Waals surface area contributed by atoms with E-state index in [9.17, 15) is 9.90 Å². The highest BCUT2D eigenvalue weighted by atomic mass is 16.3. The molecule has 0 heterocycles. The molecule has 12 heavy (non-hydrogen) atoms. The Balaban J connectivity index is 4.13. The van der Waals surface area contributed by atoms with E-state index in [1.807, 2.05) is 13.8 Å². The molecule has 0 saturated heterocycles. The lowest BCUT2D eigenvalue weighted by Gasteiger charge is -2.21. The monoisotopic (exact) mass is 174 g/mol. The van der Waals surface area contributed by atoms with Gasteiger partial charge in [-0.2, -0.15) is 0 Å². The van der Waals surface area contributed by atoms with Crippen LogP contribution in [0.5, 0.6) is 0 Å². The van der Waals surface area contributed by atoms with Crippen LogP contribution < -0.4 is 10.6 Å². The van der Waals surface area contributed by atoms with Crippen molar-refractivity contribution in [3.8, 4) is 0 Å². The number of amides is 1. The van der Waals surface area contributed by atoms with Crippen molar-refractivity contribution < 1.29 is 9.90 Å². The summed E-state index contributed by atoms with van der Waals surface area (Å²) in [6.45, 7) is 5.45. The number of hydrogen-bond donors (Lipinski definition) is 3. The van der Waals surface area contributed by atoms with Gasteiger partial charge in [0.1, 0.15) is 6.04 Å². The lowest BCUT2D eigenvalue weighted by molar-refractivity contribution is -0.125. The SMILES string of the molecule is CNC(=O)[C@H](NC(C)C)[C@H](C)O. The summed E-state index contributed by atoms with van der Waals surface area (Å²) in [7, 11) is 1.56. The van der Waals surface area contributed by atoms with Gasteiger partial charge in [0.25, 0.3) is 0 Å². The number of carbonyl (C=O) groups is 1. The van der Waals surface area contributed by atoms with Crippen LogP contribution in [0.3, 0.4) is 0 Å². The van der Waals surface area contributed by atoms with Gasteiger partial charge in [0.15, 0.2) is 0 Å². The highest BCUT2D eigenvalue weighted by Crippen LogP contribution is 1.94. The molecule has 0 unspecified atom stereocenters. The van der Waals surface area contributed by atoms with Crippen LogP contribution in [0, 0.1) is 0 Å². The van der Waals surface area contributed by atoms with Crippen LogP contribution in [0.15, 0.2) is 0 Å². The van der Waals surface area contributed by atoms with E-state index in [0.29, 0.717) is 0 Å². The normalized spacial score (nSPS) is 15.8. The number of aliphatic hydroxyl groups excluding tert-OH is 1. The third kappa shape index (κ3) is 3.69. The second-order valence-corrected chi connectivity index (χ2v) is 3.15. The zero-order chi connectivity index (χ0) is 9.72. The fourth-order valence-corrected chi connectivity index (χ4v) is 0.949. The van der Waals surface area contributed by atoms with E-state index in [-0.39, 0.29) is 11.9 Å². The Morgan fingerprint density at radius 1 is 1.33 bits per heavy atom. The van der Waals surface area contributed by atoms with Crippen LogP contribution in [-0.4, -0.2) is 36.2 Å². The van der Waals surface area contributed by atoms with Crippen molar-refractivity contribution in [2.75, 3.05) is 7.05 Å². The van der Waals surface area contributed by atoms with Crippen LogP contribution in [0.25, 0.3) is 0 Å². The van der Waals surface area contributed by atoms with Gasteiger partial charge in [-0.3, -0.25) is 4.79 Å². The first kappa shape index (κ1) is 11.4. The van der Waals surface area contributed by atoms with Gasteiger partial charge in [0.05, 0.1) is 6.10 Å². The molecule has 0 aromatic carbocycles. The Labute approximate surface area is 73.3 Å². The Kier molecular flexibility index (Phi) is 4.85. The number of carbonyl (C=O) groups excluding carboxylic acids is 1. The lowest BCUT2D eigenvalue weighted by atomic mass is 10.1. The van der Waals surface area contributed by atoms with Gasteiger partial charge in [0, 0.05) is 13.1 Å². The highest BCUT2D eigenvalue weighted by Gasteiger charge is 2.22. The minimum Gasteiger partial charge on any atom is -0.391 e. The Morgan fingerprint density at radius 2 is 1.83 bits per heavy atom. The Morgan fingerprint density at radius 3 is 2.08 bits per heavy atom. The van der Waals surface area contributed by atoms with Crippen LogP contribution in [0.1, 0.15) is 20.8 Å². The molecule has 0 aliphatic carbocycles. The van der Waals surface area contributed by atoms with E-state index in [4.69, 9.17) is 0 Å². The molecule has 0 rings (SSSR count). The quantitative estimate of drug-likeness (QED) is 0.537. The summed E-state index contributed by atoms with van der Waals surface area (Å²) < 4.78 is 0. The summed E-state index contributed by atoms with van der Waals surface area (Å²) in [5.74, 6) is -0.182. The van der Waals surface area contributed by atoms with Gasteiger partial charge in [0.2, 0.25) is 5.91 Å². The summed E-state index contributed by atoms with van der Waals surface area (Å²) >= 11 is 0. The molecule has 0 spiro atoms. The van der Waals surface area contributed by atoms with Gasteiger partial charge in [-0.15, -0.1) is 0 Å². The molecular weight excluding hydrogens is 156 g/mol. The molecule has 1 amide bonds. The van der Waals surface area contributed by atoms with Crippen molar-refractivity contribution in [3.05, 3.63) is 0 Å². The number of hydrogen-bond acceptors (Lipinski definition) is 3. The zero-order valence-corrected chi connectivity index (χ0v) is 8.09. The maximum Gasteiger partial charge on any atom is 0.239 e. The summed E-state index contributed by atoms with van der Waals surface area (Å²) in [4.78, 5) is 11.2. The number of aliphatic hydroxyl groups is 1. The summed E-state index contributed by atoms with van der Waals surface area (Å²) in [6, 6.07) is -0.336. The van der Waals surface area contributed by atoms with Crippen LogP contribution >= 0.6 is 0 Å². The molecule has 4 heteroatoms. The lowest BCUT2D eigenvalue weighted by Crippen LogP contribution is -2.51. The van der Waals surface area contributed by atoms with Gasteiger partial charge < -0.3 is 15.7 Å². The molecule has 0 aromatic rings. The van der Waals surface area contributed by atoms with Gasteiger partial charge in [-0.05, 0) is 6.92 Å². The predicted molar refractivity (Wildman–Crippen MR) is 47.8 cm³/mol. The Bertz CT molecular complexity index is 146. The van der Waals surface area contributed by atoms with Crippen LogP contribution in [0.2, 0.25) is 0 Å². The van der Waals surface area contributed by atoms with Crippen LogP contribution in [-0.2, 0) is 4.79 Å². The molecule has 0 bridgehead atoms. The molecule has 3 N–H and O–H groups in total. The number of likely N-dealkylation sites (N-methyl/N-ethyl adjacent to an activating group) is 1. The number of rotatable bonds is 4. The van der Waals surface area contributed by atoms with Gasteiger partial charge in [-0.1, -0.05) is 13.8 Å². The summed E-state index contributed by atoms with van der Waals surface area (Å²) in [5.41, 5.74) is 0. The fourth-order valence-electron chi connectivity index (χ4n) is 0.949. The maximum absolute atomic E-state index is 11.2. The molecule has 0 saturated carbocycles. The second-order valence-electron chi connectivity index (χ2n) is 3.15. The van der Waals surface area contributed by atoms with Crippen molar-refractivity contribution in [2.45, 2.75) is 39.0 Å². The molecule has 0 aromatic heterocycles. The van der Waals surface area contributed by atoms with Crippen LogP contribution in [0.4, 0.5) is 0 Å². The third-order valence-electron chi connectivity index (χ3n) is 1.52. The summed E-state index contributed by atoms with van der Waals surface area (Å²) in [6.07, 6.45) is -0.674. The Hall–Kier alpha value is -0.610. The highest BCUT2D eigenvalue weighted by molar-refractivity contribution is 5.82. The molecule has 72 valence electrons. The largest absolute Gasteiger partial charge is 0.391 e. The number of nitrogens with one attached hydrogen (secondary N) is 2.